The van der Waals surface area contributed by atoms with Crippen LogP contribution in [0.3, 0.4) is 0 Å². The maximum absolute atomic E-state index is 4.44. The maximum atomic E-state index is 4.44. The standard InChI is InChI=1S/C16H18N4.ClH/c1-10-5-4-7-17-14(10)9-19-16-15-13(6-8-18-16)11(2)12(3)20-15;/h4-8,20H,9H2,1-3H3,(H,18,19);1H. The Morgan fingerprint density at radius 1 is 1.10 bits per heavy atom. The summed E-state index contributed by atoms with van der Waals surface area (Å²) in [5.74, 6) is 0.878. The van der Waals surface area contributed by atoms with Gasteiger partial charge in [-0.25, -0.2) is 4.98 Å². The molecule has 0 radical (unpaired) electrons. The lowest BCUT2D eigenvalue weighted by Crippen LogP contribution is -2.05. The molecule has 0 unspecified atom stereocenters. The minimum atomic E-state index is 0. The molecule has 3 aromatic heterocycles. The third-order valence-electron chi connectivity index (χ3n) is 3.77. The minimum absolute atomic E-state index is 0. The molecule has 110 valence electrons. The zero-order valence-electron chi connectivity index (χ0n) is 12.4. The normalized spacial score (nSPS) is 10.4. The number of aromatic amines is 1. The average molecular weight is 303 g/mol. The summed E-state index contributed by atoms with van der Waals surface area (Å²) in [7, 11) is 0. The van der Waals surface area contributed by atoms with Crippen molar-refractivity contribution in [1.29, 1.82) is 0 Å². The van der Waals surface area contributed by atoms with Crippen LogP contribution in [0.4, 0.5) is 5.82 Å². The number of rotatable bonds is 3. The van der Waals surface area contributed by atoms with Crippen LogP contribution in [0.5, 0.6) is 0 Å². The summed E-state index contributed by atoms with van der Waals surface area (Å²) in [5.41, 5.74) is 5.76. The molecule has 0 saturated carbocycles. The Balaban J connectivity index is 0.00000161. The number of pyridine rings is 2. The second-order valence-electron chi connectivity index (χ2n) is 5.08. The van der Waals surface area contributed by atoms with Gasteiger partial charge in [0, 0.05) is 23.5 Å². The molecule has 21 heavy (non-hydrogen) atoms. The van der Waals surface area contributed by atoms with Crippen molar-refractivity contribution in [3.8, 4) is 0 Å². The second-order valence-corrected chi connectivity index (χ2v) is 5.08. The molecule has 0 aliphatic rings. The summed E-state index contributed by atoms with van der Waals surface area (Å²) in [5, 5.41) is 4.60. The molecule has 3 aromatic rings. The lowest BCUT2D eigenvalue weighted by Gasteiger charge is -2.08. The highest BCUT2D eigenvalue weighted by Gasteiger charge is 2.09. The largest absolute Gasteiger partial charge is 0.363 e. The van der Waals surface area contributed by atoms with E-state index in [9.17, 15) is 0 Å². The highest BCUT2D eigenvalue weighted by molar-refractivity contribution is 5.92. The van der Waals surface area contributed by atoms with Crippen molar-refractivity contribution >= 4 is 29.1 Å². The molecular weight excluding hydrogens is 284 g/mol. The molecule has 0 spiro atoms. The molecule has 0 fully saturated rings. The number of H-pyrrole nitrogens is 1. The summed E-state index contributed by atoms with van der Waals surface area (Å²) in [4.78, 5) is 12.2. The summed E-state index contributed by atoms with van der Waals surface area (Å²) in [6, 6.07) is 6.07. The molecule has 3 heterocycles. The van der Waals surface area contributed by atoms with Gasteiger partial charge in [-0.1, -0.05) is 6.07 Å². The number of halogens is 1. The van der Waals surface area contributed by atoms with Crippen LogP contribution in [0.15, 0.2) is 30.6 Å². The molecule has 3 rings (SSSR count). The van der Waals surface area contributed by atoms with Gasteiger partial charge in [0.1, 0.15) is 0 Å². The van der Waals surface area contributed by atoms with Gasteiger partial charge in [0.15, 0.2) is 5.82 Å². The minimum Gasteiger partial charge on any atom is -0.363 e. The molecule has 0 atom stereocenters. The van der Waals surface area contributed by atoms with Gasteiger partial charge in [-0.05, 0) is 44.0 Å². The number of nitrogens with zero attached hydrogens (tertiary/aromatic N) is 2. The molecule has 0 amide bonds. The van der Waals surface area contributed by atoms with Crippen molar-refractivity contribution in [3.05, 3.63) is 53.1 Å². The van der Waals surface area contributed by atoms with Crippen molar-refractivity contribution in [2.75, 3.05) is 5.32 Å². The first kappa shape index (κ1) is 15.3. The quantitative estimate of drug-likeness (QED) is 0.771. The van der Waals surface area contributed by atoms with Crippen LogP contribution in [0.1, 0.15) is 22.5 Å². The van der Waals surface area contributed by atoms with Gasteiger partial charge >= 0.3 is 0 Å². The molecule has 0 aliphatic heterocycles. The van der Waals surface area contributed by atoms with Gasteiger partial charge in [-0.2, -0.15) is 0 Å². The van der Waals surface area contributed by atoms with Gasteiger partial charge < -0.3 is 10.3 Å². The van der Waals surface area contributed by atoms with E-state index in [2.05, 4.69) is 47.1 Å². The fraction of sp³-hybridized carbons (Fsp3) is 0.250. The summed E-state index contributed by atoms with van der Waals surface area (Å²) >= 11 is 0. The SMILES string of the molecule is Cc1cccnc1CNc1nccc2c(C)c(C)[nH]c12.Cl. The molecule has 0 bridgehead atoms. The lowest BCUT2D eigenvalue weighted by molar-refractivity contribution is 1.01. The molecule has 0 aliphatic carbocycles. The first-order valence-electron chi connectivity index (χ1n) is 6.75. The monoisotopic (exact) mass is 302 g/mol. The van der Waals surface area contributed by atoms with E-state index in [4.69, 9.17) is 0 Å². The average Bonchev–Trinajstić information content (AvgIpc) is 2.74. The van der Waals surface area contributed by atoms with E-state index in [0.717, 1.165) is 17.0 Å². The zero-order valence-corrected chi connectivity index (χ0v) is 13.2. The maximum Gasteiger partial charge on any atom is 0.150 e. The van der Waals surface area contributed by atoms with Crippen LogP contribution in [0.25, 0.3) is 10.9 Å². The van der Waals surface area contributed by atoms with E-state index < -0.39 is 0 Å². The Morgan fingerprint density at radius 2 is 1.90 bits per heavy atom. The first-order valence-corrected chi connectivity index (χ1v) is 6.75. The zero-order chi connectivity index (χ0) is 14.1. The van der Waals surface area contributed by atoms with Crippen molar-refractivity contribution in [2.45, 2.75) is 27.3 Å². The van der Waals surface area contributed by atoms with E-state index in [1.165, 1.54) is 22.2 Å². The predicted molar refractivity (Wildman–Crippen MR) is 89.1 cm³/mol. The van der Waals surface area contributed by atoms with Crippen LogP contribution in [0.2, 0.25) is 0 Å². The number of nitrogens with one attached hydrogen (secondary N) is 2. The summed E-state index contributed by atoms with van der Waals surface area (Å²) in [6.45, 7) is 6.96. The Morgan fingerprint density at radius 3 is 2.67 bits per heavy atom. The Bertz CT molecular complexity index is 764. The Hall–Kier alpha value is -2.07. The molecule has 5 heteroatoms. The fourth-order valence-electron chi connectivity index (χ4n) is 2.39. The van der Waals surface area contributed by atoms with E-state index in [1.807, 2.05) is 24.5 Å². The molecule has 2 N–H and O–H groups in total. The number of aromatic nitrogens is 3. The summed E-state index contributed by atoms with van der Waals surface area (Å²) < 4.78 is 0. The topological polar surface area (TPSA) is 53.6 Å². The van der Waals surface area contributed by atoms with Crippen molar-refractivity contribution < 1.29 is 0 Å². The Labute approximate surface area is 130 Å². The number of fused-ring (bicyclic) bond motifs is 1. The van der Waals surface area contributed by atoms with E-state index in [0.29, 0.717) is 6.54 Å². The van der Waals surface area contributed by atoms with E-state index in [1.54, 1.807) is 0 Å². The van der Waals surface area contributed by atoms with Crippen LogP contribution < -0.4 is 5.32 Å². The van der Waals surface area contributed by atoms with Crippen LogP contribution in [-0.4, -0.2) is 15.0 Å². The van der Waals surface area contributed by atoms with Gasteiger partial charge in [-0.15, -0.1) is 12.4 Å². The Kier molecular flexibility index (Phi) is 4.48. The smallest absolute Gasteiger partial charge is 0.150 e. The third-order valence-corrected chi connectivity index (χ3v) is 3.77. The van der Waals surface area contributed by atoms with Crippen molar-refractivity contribution in [1.82, 2.24) is 15.0 Å². The summed E-state index contributed by atoms with van der Waals surface area (Å²) in [6.07, 6.45) is 3.66. The van der Waals surface area contributed by atoms with Crippen LogP contribution in [-0.2, 0) is 6.54 Å². The highest BCUT2D eigenvalue weighted by Crippen LogP contribution is 2.25. The second kappa shape index (κ2) is 6.14. The van der Waals surface area contributed by atoms with Crippen LogP contribution in [0, 0.1) is 20.8 Å². The van der Waals surface area contributed by atoms with Gasteiger partial charge in [0.05, 0.1) is 17.8 Å². The number of hydrogen-bond acceptors (Lipinski definition) is 3. The highest BCUT2D eigenvalue weighted by atomic mass is 35.5. The van der Waals surface area contributed by atoms with E-state index >= 15 is 0 Å². The van der Waals surface area contributed by atoms with Crippen LogP contribution >= 0.6 is 12.4 Å². The number of anilines is 1. The van der Waals surface area contributed by atoms with Crippen molar-refractivity contribution in [3.63, 3.8) is 0 Å². The van der Waals surface area contributed by atoms with E-state index in [-0.39, 0.29) is 12.4 Å². The number of hydrogen-bond donors (Lipinski definition) is 2. The predicted octanol–water partition coefficient (Wildman–Crippen LogP) is 3.92. The molecule has 0 aromatic carbocycles. The molecular formula is C16H19ClN4. The first-order chi connectivity index (χ1) is 9.66. The van der Waals surface area contributed by atoms with Gasteiger partial charge in [-0.3, -0.25) is 4.98 Å². The lowest BCUT2D eigenvalue weighted by atomic mass is 10.2. The molecule has 4 nitrogen and oxygen atoms in total. The van der Waals surface area contributed by atoms with Gasteiger partial charge in [0.2, 0.25) is 0 Å². The molecule has 0 saturated heterocycles. The fourth-order valence-corrected chi connectivity index (χ4v) is 2.39. The van der Waals surface area contributed by atoms with Crippen molar-refractivity contribution in [2.24, 2.45) is 0 Å². The third kappa shape index (κ3) is 2.85. The number of aryl methyl sites for hydroxylation is 3. The van der Waals surface area contributed by atoms with Gasteiger partial charge in [0.25, 0.3) is 0 Å².